The van der Waals surface area contributed by atoms with Gasteiger partial charge in [-0.3, -0.25) is 28.5 Å². The van der Waals surface area contributed by atoms with Gasteiger partial charge in [-0.05, 0) is 98.5 Å². The quantitative estimate of drug-likeness (QED) is 0.0592. The number of pyridine rings is 1. The molecule has 5 aromatic carbocycles. The third-order valence-electron chi connectivity index (χ3n) is 9.84. The summed E-state index contributed by atoms with van der Waals surface area (Å²) < 4.78 is 112. The van der Waals surface area contributed by atoms with Crippen molar-refractivity contribution in [2.24, 2.45) is 0 Å². The first-order chi connectivity index (χ1) is 31.3. The number of methoxy groups -OCH3 is 1. The lowest BCUT2D eigenvalue weighted by Gasteiger charge is -2.17. The van der Waals surface area contributed by atoms with E-state index in [0.717, 1.165) is 29.8 Å². The molecule has 2 amide bonds. The molecule has 6 aromatic rings. The van der Waals surface area contributed by atoms with E-state index in [2.05, 4.69) is 10.3 Å². The van der Waals surface area contributed by atoms with Crippen LogP contribution in [0.15, 0.2) is 113 Å². The molecule has 0 fully saturated rings. The van der Waals surface area contributed by atoms with Crippen LogP contribution in [0.4, 0.5) is 18.9 Å². The predicted molar refractivity (Wildman–Crippen MR) is 242 cm³/mol. The fraction of sp³-hybridized carbons (Fsp3) is 0.196. The number of aromatic nitrogens is 1. The average Bonchev–Trinajstić information content (AvgIpc) is 3.26. The second kappa shape index (κ2) is 20.9. The maximum absolute atomic E-state index is 13.5. The molecule has 0 radical (unpaired) electrons. The van der Waals surface area contributed by atoms with E-state index in [9.17, 15) is 49.2 Å². The number of alkyl halides is 3. The predicted octanol–water partition coefficient (Wildman–Crippen LogP) is 9.04. The molecule has 0 saturated carbocycles. The molecule has 0 unspecified atom stereocenters. The number of hydrogen-bond acceptors (Lipinski definition) is 11. The standard InChI is InChI=1S/C36H33ClF3N3O6.C10H8O6S2/c1-20-17-24(35(47)48-5)19-28(37)32(20)49-30(44)8-6-7-22-10-16-29(27(18-22)34(46)43(3)4)42-33(45)26-15-9-21(2)41-31(26)23-11-13-25(14-12-23)36(38,39)40;11-17(12,13)9-5-1-3-7-8(9)4-2-6-10(7)18(14,15)16/h9-19H,6-8H2,1-5H3,(H,42,45);1-6H,(H,11,12,13)(H,14,15,16). The van der Waals surface area contributed by atoms with Gasteiger partial charge in [0.1, 0.15) is 9.79 Å². The van der Waals surface area contributed by atoms with E-state index < -0.39 is 59.6 Å². The van der Waals surface area contributed by atoms with Gasteiger partial charge in [-0.15, -0.1) is 0 Å². The van der Waals surface area contributed by atoms with Gasteiger partial charge in [-0.25, -0.2) is 4.79 Å². The Morgan fingerprint density at radius 3 is 1.91 bits per heavy atom. The number of rotatable bonds is 12. The lowest BCUT2D eigenvalue weighted by Crippen LogP contribution is -2.24. The summed E-state index contributed by atoms with van der Waals surface area (Å²) in [6.45, 7) is 3.34. The molecule has 0 atom stereocenters. The Morgan fingerprint density at radius 1 is 0.791 bits per heavy atom. The Bertz CT molecular complexity index is 3030. The summed E-state index contributed by atoms with van der Waals surface area (Å²) in [7, 11) is -4.56. The van der Waals surface area contributed by atoms with Crippen molar-refractivity contribution in [3.63, 3.8) is 0 Å². The summed E-state index contributed by atoms with van der Waals surface area (Å²) in [6.07, 6.45) is -3.73. The Kier molecular flexibility index (Phi) is 16.0. The highest BCUT2D eigenvalue weighted by atomic mass is 35.5. The van der Waals surface area contributed by atoms with E-state index in [-0.39, 0.29) is 61.9 Å². The van der Waals surface area contributed by atoms with Crippen molar-refractivity contribution in [1.82, 2.24) is 9.88 Å². The molecule has 15 nitrogen and oxygen atoms in total. The summed E-state index contributed by atoms with van der Waals surface area (Å²) in [5.74, 6) is -1.97. The van der Waals surface area contributed by atoms with E-state index in [1.165, 1.54) is 66.6 Å². The Balaban J connectivity index is 0.000000388. The van der Waals surface area contributed by atoms with Gasteiger partial charge in [0.2, 0.25) is 0 Å². The van der Waals surface area contributed by atoms with Crippen LogP contribution in [0.2, 0.25) is 5.02 Å². The Labute approximate surface area is 388 Å². The van der Waals surface area contributed by atoms with Gasteiger partial charge < -0.3 is 19.7 Å². The second-order valence-electron chi connectivity index (χ2n) is 14.9. The molecule has 0 saturated heterocycles. The number of ether oxygens (including phenoxy) is 2. The molecule has 352 valence electrons. The molecule has 0 spiro atoms. The number of benzene rings is 5. The van der Waals surface area contributed by atoms with Gasteiger partial charge in [0.25, 0.3) is 32.1 Å². The molecule has 67 heavy (non-hydrogen) atoms. The summed E-state index contributed by atoms with van der Waals surface area (Å²) in [5.41, 5.74) is 2.17. The summed E-state index contributed by atoms with van der Waals surface area (Å²) in [5, 5.41) is 2.90. The molecule has 1 aromatic heterocycles. The number of esters is 2. The third-order valence-corrected chi connectivity index (χ3v) is 11.9. The number of fused-ring (bicyclic) bond motifs is 1. The van der Waals surface area contributed by atoms with E-state index in [1.807, 2.05) is 0 Å². The van der Waals surface area contributed by atoms with E-state index in [1.54, 1.807) is 52.2 Å². The maximum atomic E-state index is 13.5. The number of nitrogens with zero attached hydrogens (tertiary/aromatic N) is 2. The molecule has 0 aliphatic rings. The number of hydrogen-bond donors (Lipinski definition) is 3. The number of aryl methyl sites for hydroxylation is 3. The highest BCUT2D eigenvalue weighted by Crippen LogP contribution is 2.34. The van der Waals surface area contributed by atoms with Gasteiger partial charge in [-0.2, -0.15) is 30.0 Å². The van der Waals surface area contributed by atoms with Crippen molar-refractivity contribution < 1.29 is 67.8 Å². The van der Waals surface area contributed by atoms with Crippen LogP contribution in [0.5, 0.6) is 5.75 Å². The minimum absolute atomic E-state index is 0.0233. The van der Waals surface area contributed by atoms with Gasteiger partial charge in [-0.1, -0.05) is 54.1 Å². The number of carbonyl (C=O) groups excluding carboxylic acids is 4. The summed E-state index contributed by atoms with van der Waals surface area (Å²) in [6, 6.07) is 22.8. The van der Waals surface area contributed by atoms with Crippen molar-refractivity contribution in [2.45, 2.75) is 49.1 Å². The molecule has 6 rings (SSSR count). The van der Waals surface area contributed by atoms with E-state index in [0.29, 0.717) is 29.7 Å². The third kappa shape index (κ3) is 12.8. The smallest absolute Gasteiger partial charge is 0.416 e. The van der Waals surface area contributed by atoms with Gasteiger partial charge in [0.15, 0.2) is 5.75 Å². The molecule has 0 aliphatic heterocycles. The van der Waals surface area contributed by atoms with Crippen molar-refractivity contribution >= 4 is 72.0 Å². The van der Waals surface area contributed by atoms with Crippen LogP contribution < -0.4 is 10.1 Å². The lowest BCUT2D eigenvalue weighted by molar-refractivity contribution is -0.137. The molecule has 3 N–H and O–H groups in total. The van der Waals surface area contributed by atoms with Gasteiger partial charge in [0.05, 0.1) is 45.8 Å². The molecular formula is C46H41ClF3N3O12S2. The normalized spacial score (nSPS) is 11.6. The molecule has 0 aliphatic carbocycles. The van der Waals surface area contributed by atoms with Crippen molar-refractivity contribution in [3.8, 4) is 17.0 Å². The highest BCUT2D eigenvalue weighted by Gasteiger charge is 2.30. The number of amides is 2. The molecule has 21 heteroatoms. The maximum Gasteiger partial charge on any atom is 0.416 e. The molecule has 0 bridgehead atoms. The monoisotopic (exact) mass is 983 g/mol. The molecule has 1 heterocycles. The highest BCUT2D eigenvalue weighted by molar-refractivity contribution is 7.86. The van der Waals surface area contributed by atoms with Crippen LogP contribution in [-0.4, -0.2) is 80.8 Å². The first-order valence-corrected chi connectivity index (χ1v) is 22.9. The Hall–Kier alpha value is -6.71. The first-order valence-electron chi connectivity index (χ1n) is 19.7. The number of nitrogens with one attached hydrogen (secondary N) is 1. The first kappa shape index (κ1) is 51.3. The van der Waals surface area contributed by atoms with Crippen LogP contribution >= 0.6 is 11.6 Å². The van der Waals surface area contributed by atoms with Crippen LogP contribution in [0.3, 0.4) is 0 Å². The van der Waals surface area contributed by atoms with E-state index >= 15 is 0 Å². The second-order valence-corrected chi connectivity index (χ2v) is 18.1. The van der Waals surface area contributed by atoms with Gasteiger partial charge >= 0.3 is 18.1 Å². The van der Waals surface area contributed by atoms with Crippen molar-refractivity contribution in [3.05, 3.63) is 147 Å². The molecular weight excluding hydrogens is 943 g/mol. The fourth-order valence-corrected chi connectivity index (χ4v) is 8.36. The average molecular weight is 984 g/mol. The van der Waals surface area contributed by atoms with Crippen LogP contribution in [0, 0.1) is 13.8 Å². The SMILES string of the molecule is COC(=O)c1cc(C)c(OC(=O)CCCc2ccc(NC(=O)c3ccc(C)nc3-c3ccc(C(F)(F)F)cc3)c(C(=O)N(C)C)c2)c(Cl)c1.O=S(=O)(O)c1cccc2c(S(=O)(=O)O)cccc12. The van der Waals surface area contributed by atoms with Crippen molar-refractivity contribution in [2.75, 3.05) is 26.5 Å². The number of carbonyl (C=O) groups is 4. The lowest BCUT2D eigenvalue weighted by atomic mass is 10.0. The Morgan fingerprint density at radius 2 is 1.39 bits per heavy atom. The van der Waals surface area contributed by atoms with Gasteiger partial charge in [0, 0.05) is 42.5 Å². The zero-order chi connectivity index (χ0) is 49.6. The number of halogens is 4. The zero-order valence-electron chi connectivity index (χ0n) is 36.1. The minimum Gasteiger partial charge on any atom is -0.465 e. The van der Waals surface area contributed by atoms with Crippen molar-refractivity contribution in [1.29, 1.82) is 0 Å². The fourth-order valence-electron chi connectivity index (χ4n) is 6.64. The van der Waals surface area contributed by atoms with Crippen LogP contribution in [0.1, 0.15) is 66.3 Å². The van der Waals surface area contributed by atoms with Crippen LogP contribution in [-0.2, 0) is 42.4 Å². The topological polar surface area (TPSA) is 224 Å². The summed E-state index contributed by atoms with van der Waals surface area (Å²) in [4.78, 5) is 56.1. The largest absolute Gasteiger partial charge is 0.465 e. The summed E-state index contributed by atoms with van der Waals surface area (Å²) >= 11 is 6.25. The minimum atomic E-state index is -4.52. The van der Waals surface area contributed by atoms with Crippen LogP contribution in [0.25, 0.3) is 22.0 Å². The number of anilines is 1. The van der Waals surface area contributed by atoms with E-state index in [4.69, 9.17) is 30.2 Å². The zero-order valence-corrected chi connectivity index (χ0v) is 38.5.